The van der Waals surface area contributed by atoms with Gasteiger partial charge in [0.2, 0.25) is 5.96 Å². The third-order valence-electron chi connectivity index (χ3n) is 4.37. The largest absolute Gasteiger partial charge is 0.361 e. The van der Waals surface area contributed by atoms with Crippen LogP contribution in [0.4, 0.5) is 5.69 Å². The number of hydrogen-bond donors (Lipinski definition) is 4. The van der Waals surface area contributed by atoms with Crippen molar-refractivity contribution < 1.29 is 4.79 Å². The third-order valence-corrected chi connectivity index (χ3v) is 4.61. The number of amides is 1. The number of aromatic amines is 2. The molecule has 0 saturated carbocycles. The highest BCUT2D eigenvalue weighted by atomic mass is 35.5. The lowest BCUT2D eigenvalue weighted by molar-refractivity contribution is 0.0977. The van der Waals surface area contributed by atoms with Crippen molar-refractivity contribution in [2.45, 2.75) is 6.42 Å². The van der Waals surface area contributed by atoms with Gasteiger partial charge >= 0.3 is 0 Å². The summed E-state index contributed by atoms with van der Waals surface area (Å²) in [5, 5.41) is 7.60. The van der Waals surface area contributed by atoms with Gasteiger partial charge in [0.15, 0.2) is 0 Å². The SMILES string of the molecule is O=C(NC(=NCCc1cnc[nH]1)Nc1cccc2[nH]ccc12)c1cccc(Cl)c1. The summed E-state index contributed by atoms with van der Waals surface area (Å²) in [6.07, 6.45) is 5.93. The van der Waals surface area contributed by atoms with Crippen molar-refractivity contribution in [3.8, 4) is 0 Å². The Kier molecular flexibility index (Phi) is 5.58. The van der Waals surface area contributed by atoms with E-state index < -0.39 is 0 Å². The smallest absolute Gasteiger partial charge is 0.258 e. The van der Waals surface area contributed by atoms with Crippen molar-refractivity contribution in [2.75, 3.05) is 11.9 Å². The Labute approximate surface area is 172 Å². The van der Waals surface area contributed by atoms with Crippen LogP contribution >= 0.6 is 11.6 Å². The van der Waals surface area contributed by atoms with Crippen molar-refractivity contribution in [3.05, 3.63) is 83.5 Å². The molecule has 4 rings (SSSR count). The summed E-state index contributed by atoms with van der Waals surface area (Å²) in [6.45, 7) is 0.476. The van der Waals surface area contributed by atoms with E-state index in [-0.39, 0.29) is 5.91 Å². The molecule has 8 heteroatoms. The normalized spacial score (nSPS) is 11.6. The molecule has 2 heterocycles. The summed E-state index contributed by atoms with van der Waals surface area (Å²) >= 11 is 6.01. The van der Waals surface area contributed by atoms with E-state index in [1.54, 1.807) is 36.8 Å². The number of rotatable bonds is 5. The van der Waals surface area contributed by atoms with Crippen molar-refractivity contribution in [1.29, 1.82) is 0 Å². The number of fused-ring (bicyclic) bond motifs is 1. The van der Waals surface area contributed by atoms with E-state index in [1.165, 1.54) is 0 Å². The van der Waals surface area contributed by atoms with Crippen LogP contribution in [0.15, 0.2) is 72.2 Å². The van der Waals surface area contributed by atoms with Gasteiger partial charge in [-0.05, 0) is 36.4 Å². The molecule has 4 aromatic rings. The van der Waals surface area contributed by atoms with Gasteiger partial charge in [0, 0.05) is 52.5 Å². The van der Waals surface area contributed by atoms with Gasteiger partial charge in [0.1, 0.15) is 0 Å². The van der Waals surface area contributed by atoms with Crippen molar-refractivity contribution in [2.24, 2.45) is 4.99 Å². The second-order valence-corrected chi connectivity index (χ2v) is 6.83. The second-order valence-electron chi connectivity index (χ2n) is 6.39. The summed E-state index contributed by atoms with van der Waals surface area (Å²) in [7, 11) is 0. The van der Waals surface area contributed by atoms with Crippen LogP contribution < -0.4 is 10.6 Å². The average molecular weight is 407 g/mol. The number of H-pyrrole nitrogens is 2. The Balaban J connectivity index is 1.56. The Morgan fingerprint density at radius 2 is 2.03 bits per heavy atom. The van der Waals surface area contributed by atoms with Crippen LogP contribution in [0.2, 0.25) is 5.02 Å². The number of halogens is 1. The number of guanidine groups is 1. The van der Waals surface area contributed by atoms with Crippen LogP contribution in [-0.2, 0) is 6.42 Å². The monoisotopic (exact) mass is 406 g/mol. The number of imidazole rings is 1. The molecular formula is C21H19ClN6O. The average Bonchev–Trinajstić information content (AvgIpc) is 3.40. The first-order chi connectivity index (χ1) is 14.2. The van der Waals surface area contributed by atoms with Crippen LogP contribution in [0.5, 0.6) is 0 Å². The van der Waals surface area contributed by atoms with Crippen molar-refractivity contribution >= 4 is 40.1 Å². The van der Waals surface area contributed by atoms with Gasteiger partial charge in [-0.3, -0.25) is 15.1 Å². The van der Waals surface area contributed by atoms with Gasteiger partial charge in [0.25, 0.3) is 5.91 Å². The number of nitrogens with zero attached hydrogens (tertiary/aromatic N) is 2. The molecule has 0 saturated heterocycles. The molecule has 0 atom stereocenters. The summed E-state index contributed by atoms with van der Waals surface area (Å²) in [5.74, 6) is 0.0738. The lowest BCUT2D eigenvalue weighted by Crippen LogP contribution is -2.36. The van der Waals surface area contributed by atoms with Gasteiger partial charge in [-0.2, -0.15) is 0 Å². The minimum atomic E-state index is -0.290. The highest BCUT2D eigenvalue weighted by Crippen LogP contribution is 2.22. The van der Waals surface area contributed by atoms with E-state index in [9.17, 15) is 4.79 Å². The van der Waals surface area contributed by atoms with Crippen LogP contribution in [0.1, 0.15) is 16.1 Å². The van der Waals surface area contributed by atoms with E-state index >= 15 is 0 Å². The molecule has 0 spiro atoms. The minimum Gasteiger partial charge on any atom is -0.361 e. The third kappa shape index (κ3) is 4.64. The summed E-state index contributed by atoms with van der Waals surface area (Å²) in [5.41, 5.74) is 3.27. The maximum atomic E-state index is 12.7. The molecule has 146 valence electrons. The zero-order valence-corrected chi connectivity index (χ0v) is 16.2. The summed E-state index contributed by atoms with van der Waals surface area (Å²) in [6, 6.07) is 14.6. The van der Waals surface area contributed by atoms with Crippen LogP contribution in [-0.4, -0.2) is 33.4 Å². The van der Waals surface area contributed by atoms with Gasteiger partial charge in [-0.1, -0.05) is 23.7 Å². The predicted molar refractivity (Wildman–Crippen MR) is 115 cm³/mol. The van der Waals surface area contributed by atoms with Crippen LogP contribution in [0, 0.1) is 0 Å². The fourth-order valence-electron chi connectivity index (χ4n) is 2.95. The number of benzene rings is 2. The molecule has 0 aliphatic heterocycles. The highest BCUT2D eigenvalue weighted by Gasteiger charge is 2.11. The molecule has 0 aliphatic carbocycles. The van der Waals surface area contributed by atoms with Crippen molar-refractivity contribution in [3.63, 3.8) is 0 Å². The fourth-order valence-corrected chi connectivity index (χ4v) is 3.14. The number of nitrogens with one attached hydrogen (secondary N) is 4. The highest BCUT2D eigenvalue weighted by molar-refractivity contribution is 6.31. The molecule has 7 nitrogen and oxygen atoms in total. The quantitative estimate of drug-likeness (QED) is 0.298. The van der Waals surface area contributed by atoms with E-state index in [0.717, 1.165) is 22.3 Å². The summed E-state index contributed by atoms with van der Waals surface area (Å²) < 4.78 is 0. The lowest BCUT2D eigenvalue weighted by atomic mass is 10.2. The predicted octanol–water partition coefficient (Wildman–Crippen LogP) is 3.99. The zero-order valence-electron chi connectivity index (χ0n) is 15.4. The number of carbonyl (C=O) groups is 1. The number of aromatic nitrogens is 3. The molecule has 0 aliphatic rings. The Morgan fingerprint density at radius 3 is 2.86 bits per heavy atom. The molecule has 1 amide bonds. The van der Waals surface area contributed by atoms with Gasteiger partial charge in [-0.15, -0.1) is 0 Å². The molecule has 0 fully saturated rings. The number of aliphatic imine (C=N–C) groups is 1. The number of carbonyl (C=O) groups excluding carboxylic acids is 1. The first-order valence-corrected chi connectivity index (χ1v) is 9.48. The van der Waals surface area contributed by atoms with Crippen LogP contribution in [0.3, 0.4) is 0 Å². The fraction of sp³-hybridized carbons (Fsp3) is 0.0952. The second kappa shape index (κ2) is 8.62. The maximum Gasteiger partial charge on any atom is 0.258 e. The van der Waals surface area contributed by atoms with Gasteiger partial charge in [-0.25, -0.2) is 4.98 Å². The first-order valence-electron chi connectivity index (χ1n) is 9.11. The number of hydrogen-bond acceptors (Lipinski definition) is 3. The van der Waals surface area contributed by atoms with E-state index in [1.807, 2.05) is 30.5 Å². The Morgan fingerprint density at radius 1 is 1.14 bits per heavy atom. The Hall–Kier alpha value is -3.58. The minimum absolute atomic E-state index is 0.290. The lowest BCUT2D eigenvalue weighted by Gasteiger charge is -2.13. The molecule has 29 heavy (non-hydrogen) atoms. The standard InChI is InChI=1S/C21H19ClN6O/c22-15-4-1-3-14(11-15)20(29)28-21(25-9-7-16-12-23-13-26-16)27-19-6-2-5-18-17(19)8-10-24-18/h1-6,8,10-13,24H,7,9H2,(H,23,26)(H2,25,27,28,29). The molecule has 0 unspecified atom stereocenters. The van der Waals surface area contributed by atoms with Gasteiger partial charge < -0.3 is 15.3 Å². The molecule has 2 aromatic heterocycles. The Bertz CT molecular complexity index is 1150. The zero-order chi connectivity index (χ0) is 20.1. The molecule has 2 aromatic carbocycles. The van der Waals surface area contributed by atoms with E-state index in [2.05, 4.69) is 30.6 Å². The summed E-state index contributed by atoms with van der Waals surface area (Å²) in [4.78, 5) is 27.5. The molecule has 4 N–H and O–H groups in total. The molecule has 0 bridgehead atoms. The number of anilines is 1. The first kappa shape index (κ1) is 18.8. The van der Waals surface area contributed by atoms with Gasteiger partial charge in [0.05, 0.1) is 12.0 Å². The van der Waals surface area contributed by atoms with E-state index in [4.69, 9.17) is 11.6 Å². The molecular weight excluding hydrogens is 388 g/mol. The van der Waals surface area contributed by atoms with E-state index in [0.29, 0.717) is 29.5 Å². The maximum absolute atomic E-state index is 12.7. The van der Waals surface area contributed by atoms with Crippen LogP contribution in [0.25, 0.3) is 10.9 Å². The topological polar surface area (TPSA) is 98.0 Å². The molecule has 0 radical (unpaired) electrons. The van der Waals surface area contributed by atoms with Crippen molar-refractivity contribution in [1.82, 2.24) is 20.3 Å².